The van der Waals surface area contributed by atoms with Crippen LogP contribution in [0.25, 0.3) is 0 Å². The van der Waals surface area contributed by atoms with Gasteiger partial charge < -0.3 is 14.8 Å². The van der Waals surface area contributed by atoms with Crippen molar-refractivity contribution in [3.05, 3.63) is 53.1 Å². The molecule has 2 aromatic carbocycles. The number of nitrogens with zero attached hydrogens (tertiary/aromatic N) is 1. The monoisotopic (exact) mass is 440 g/mol. The first-order valence-corrected chi connectivity index (χ1v) is 11.1. The molecule has 2 atom stereocenters. The molecule has 2 rings (SSSR count). The average molecular weight is 441 g/mol. The number of benzene rings is 2. The second-order valence-corrected chi connectivity index (χ2v) is 8.82. The molecule has 0 bridgehead atoms. The Morgan fingerprint density at radius 2 is 1.69 bits per heavy atom. The average Bonchev–Trinajstić information content (AvgIpc) is 2.67. The third-order valence-corrected chi connectivity index (χ3v) is 5.89. The molecular weight excluding hydrogens is 416 g/mol. The number of rotatable bonds is 8. The summed E-state index contributed by atoms with van der Waals surface area (Å²) in [6, 6.07) is 10.4. The Morgan fingerprint density at radius 3 is 2.28 bits per heavy atom. The molecule has 0 aliphatic carbocycles. The molecule has 0 aromatic heterocycles. The lowest BCUT2D eigenvalue weighted by Crippen LogP contribution is -2.48. The van der Waals surface area contributed by atoms with E-state index in [2.05, 4.69) is 5.32 Å². The number of ether oxygens (including phenoxy) is 2. The first-order valence-electron chi connectivity index (χ1n) is 8.86. The zero-order chi connectivity index (χ0) is 21.8. The Labute approximate surface area is 176 Å². The maximum absolute atomic E-state index is 12.9. The number of methoxy groups -OCH3 is 2. The van der Waals surface area contributed by atoms with Crippen LogP contribution in [0.2, 0.25) is 5.02 Å². The topological polar surface area (TPSA) is 84.9 Å². The van der Waals surface area contributed by atoms with Gasteiger partial charge in [-0.3, -0.25) is 9.10 Å². The van der Waals surface area contributed by atoms with Crippen LogP contribution in [0.15, 0.2) is 42.5 Å². The van der Waals surface area contributed by atoms with Gasteiger partial charge in [0.05, 0.1) is 32.2 Å². The van der Waals surface area contributed by atoms with E-state index in [4.69, 9.17) is 21.1 Å². The number of amides is 1. The molecule has 0 radical (unpaired) electrons. The fraction of sp³-hybridized carbons (Fsp3) is 0.350. The second-order valence-electron chi connectivity index (χ2n) is 6.52. The minimum atomic E-state index is -3.82. The number of para-hydroxylation sites is 1. The molecule has 0 heterocycles. The Kier molecular flexibility index (Phi) is 7.37. The molecule has 0 aliphatic heterocycles. The summed E-state index contributed by atoms with van der Waals surface area (Å²) in [7, 11) is -0.849. The van der Waals surface area contributed by atoms with Gasteiger partial charge in [-0.15, -0.1) is 0 Å². The quantitative estimate of drug-likeness (QED) is 0.680. The summed E-state index contributed by atoms with van der Waals surface area (Å²) in [4.78, 5) is 12.9. The third kappa shape index (κ3) is 5.33. The van der Waals surface area contributed by atoms with E-state index in [9.17, 15) is 13.2 Å². The van der Waals surface area contributed by atoms with Crippen molar-refractivity contribution >= 4 is 33.2 Å². The zero-order valence-corrected chi connectivity index (χ0v) is 18.5. The molecule has 0 spiro atoms. The normalized spacial score (nSPS) is 13.3. The van der Waals surface area contributed by atoms with Crippen molar-refractivity contribution in [2.75, 3.05) is 24.8 Å². The van der Waals surface area contributed by atoms with Gasteiger partial charge in [-0.05, 0) is 38.1 Å². The molecule has 0 saturated heterocycles. The number of nitrogens with one attached hydrogen (secondary N) is 1. The highest BCUT2D eigenvalue weighted by Crippen LogP contribution is 2.34. The maximum Gasteiger partial charge on any atom is 0.244 e. The van der Waals surface area contributed by atoms with Crippen molar-refractivity contribution in [1.29, 1.82) is 0 Å². The summed E-state index contributed by atoms with van der Waals surface area (Å²) in [6.45, 7) is 3.30. The van der Waals surface area contributed by atoms with E-state index in [1.807, 2.05) is 18.2 Å². The van der Waals surface area contributed by atoms with Crippen molar-refractivity contribution < 1.29 is 22.7 Å². The number of anilines is 1. The van der Waals surface area contributed by atoms with Gasteiger partial charge >= 0.3 is 0 Å². The number of hydrogen-bond donors (Lipinski definition) is 1. The number of carbonyl (C=O) groups excluding carboxylic acids is 1. The Hall–Kier alpha value is -2.45. The molecule has 0 aliphatic rings. The fourth-order valence-electron chi connectivity index (χ4n) is 3.05. The number of hydrogen-bond acceptors (Lipinski definition) is 5. The SMILES string of the molecule is COc1ccccc1[C@@H](C)NC(=O)[C@H](C)N(c1cc(Cl)ccc1OC)S(C)(=O)=O. The van der Waals surface area contributed by atoms with E-state index in [0.29, 0.717) is 10.8 Å². The summed E-state index contributed by atoms with van der Waals surface area (Å²) in [5, 5.41) is 3.17. The van der Waals surface area contributed by atoms with Gasteiger partial charge in [0.2, 0.25) is 15.9 Å². The minimum absolute atomic E-state index is 0.190. The second kappa shape index (κ2) is 9.37. The van der Waals surface area contributed by atoms with Crippen molar-refractivity contribution in [2.45, 2.75) is 25.9 Å². The van der Waals surface area contributed by atoms with Gasteiger partial charge in [0.25, 0.3) is 0 Å². The van der Waals surface area contributed by atoms with Crippen LogP contribution >= 0.6 is 11.6 Å². The first kappa shape index (κ1) is 22.8. The van der Waals surface area contributed by atoms with Gasteiger partial charge in [0.1, 0.15) is 17.5 Å². The minimum Gasteiger partial charge on any atom is -0.496 e. The van der Waals surface area contributed by atoms with Gasteiger partial charge in [-0.2, -0.15) is 0 Å². The summed E-state index contributed by atoms with van der Waals surface area (Å²) in [5.41, 5.74) is 0.969. The number of carbonyl (C=O) groups is 1. The predicted octanol–water partition coefficient (Wildman–Crippen LogP) is 3.39. The summed E-state index contributed by atoms with van der Waals surface area (Å²) >= 11 is 6.06. The molecule has 0 unspecified atom stereocenters. The van der Waals surface area contributed by atoms with Crippen LogP contribution in [0.4, 0.5) is 5.69 Å². The van der Waals surface area contributed by atoms with Crippen molar-refractivity contribution in [2.24, 2.45) is 0 Å². The van der Waals surface area contributed by atoms with Crippen LogP contribution < -0.4 is 19.1 Å². The molecule has 29 heavy (non-hydrogen) atoms. The van der Waals surface area contributed by atoms with E-state index in [1.54, 1.807) is 32.2 Å². The molecule has 158 valence electrons. The lowest BCUT2D eigenvalue weighted by molar-refractivity contribution is -0.122. The first-order chi connectivity index (χ1) is 13.6. The fourth-order valence-corrected chi connectivity index (χ4v) is 4.39. The largest absolute Gasteiger partial charge is 0.496 e. The Bertz CT molecular complexity index is 981. The van der Waals surface area contributed by atoms with E-state index in [1.165, 1.54) is 20.1 Å². The third-order valence-electron chi connectivity index (χ3n) is 4.43. The van der Waals surface area contributed by atoms with Crippen LogP contribution in [-0.4, -0.2) is 40.8 Å². The standard InChI is InChI=1S/C20H25ClN2O5S/c1-13(16-8-6-7-9-18(16)27-3)22-20(24)14(2)23(29(5,25)26)17-12-15(21)10-11-19(17)28-4/h6-14H,1-5H3,(H,22,24)/t13-,14+/m1/s1. The lowest BCUT2D eigenvalue weighted by atomic mass is 10.1. The van der Waals surface area contributed by atoms with Crippen molar-refractivity contribution in [3.63, 3.8) is 0 Å². The van der Waals surface area contributed by atoms with Crippen LogP contribution in [0.5, 0.6) is 11.5 Å². The highest BCUT2D eigenvalue weighted by molar-refractivity contribution is 7.92. The summed E-state index contributed by atoms with van der Waals surface area (Å²) in [5.74, 6) is 0.442. The molecule has 0 saturated carbocycles. The summed E-state index contributed by atoms with van der Waals surface area (Å²) < 4.78 is 36.7. The maximum atomic E-state index is 12.9. The Morgan fingerprint density at radius 1 is 1.07 bits per heavy atom. The molecule has 1 amide bonds. The van der Waals surface area contributed by atoms with E-state index >= 15 is 0 Å². The number of sulfonamides is 1. The smallest absolute Gasteiger partial charge is 0.244 e. The van der Waals surface area contributed by atoms with Gasteiger partial charge in [0.15, 0.2) is 0 Å². The van der Waals surface area contributed by atoms with Crippen LogP contribution in [0, 0.1) is 0 Å². The van der Waals surface area contributed by atoms with Crippen molar-refractivity contribution in [1.82, 2.24) is 5.32 Å². The molecule has 1 N–H and O–H groups in total. The van der Waals surface area contributed by atoms with Crippen LogP contribution in [0.3, 0.4) is 0 Å². The van der Waals surface area contributed by atoms with E-state index in [0.717, 1.165) is 16.1 Å². The van der Waals surface area contributed by atoms with Gasteiger partial charge in [-0.1, -0.05) is 29.8 Å². The molecule has 7 nitrogen and oxygen atoms in total. The molecular formula is C20H25ClN2O5S. The Balaban J connectivity index is 2.36. The molecule has 9 heteroatoms. The highest BCUT2D eigenvalue weighted by Gasteiger charge is 2.32. The number of halogens is 1. The lowest BCUT2D eigenvalue weighted by Gasteiger charge is -2.30. The van der Waals surface area contributed by atoms with Crippen LogP contribution in [0.1, 0.15) is 25.5 Å². The predicted molar refractivity (Wildman–Crippen MR) is 114 cm³/mol. The van der Waals surface area contributed by atoms with E-state index < -0.39 is 28.0 Å². The van der Waals surface area contributed by atoms with Gasteiger partial charge in [0, 0.05) is 10.6 Å². The van der Waals surface area contributed by atoms with Gasteiger partial charge in [-0.25, -0.2) is 8.42 Å². The van der Waals surface area contributed by atoms with Crippen molar-refractivity contribution in [3.8, 4) is 11.5 Å². The highest BCUT2D eigenvalue weighted by atomic mass is 35.5. The molecule has 0 fully saturated rings. The van der Waals surface area contributed by atoms with E-state index in [-0.39, 0.29) is 11.4 Å². The summed E-state index contributed by atoms with van der Waals surface area (Å²) in [6.07, 6.45) is 1.03. The molecule has 2 aromatic rings. The zero-order valence-electron chi connectivity index (χ0n) is 17.0. The van der Waals surface area contributed by atoms with Crippen LogP contribution in [-0.2, 0) is 14.8 Å².